The van der Waals surface area contributed by atoms with Gasteiger partial charge >= 0.3 is 0 Å². The Hall–Kier alpha value is -2.45. The Morgan fingerprint density at radius 3 is 2.71 bits per heavy atom. The van der Waals surface area contributed by atoms with E-state index in [1.165, 1.54) is 6.20 Å². The minimum absolute atomic E-state index is 0.0966. The standard InChI is InChI=1S/C16H19N5O2S/c1-2-15-17-11-16(20-15)24(22,23)19-9-8-13-10-18-21(12-13)14-6-4-3-5-7-14/h3-7,10-12,19H,2,8-9H2,1H3,(H,17,20). The topological polar surface area (TPSA) is 92.7 Å². The number of sulfonamides is 1. The minimum atomic E-state index is -3.56. The van der Waals surface area contributed by atoms with Crippen LogP contribution in [-0.2, 0) is 22.9 Å². The van der Waals surface area contributed by atoms with Gasteiger partial charge in [-0.15, -0.1) is 0 Å². The summed E-state index contributed by atoms with van der Waals surface area (Å²) in [7, 11) is -3.56. The Kier molecular flexibility index (Phi) is 4.77. The molecular formula is C16H19N5O2S. The molecule has 0 radical (unpaired) electrons. The number of aryl methyl sites for hydroxylation is 1. The first-order valence-electron chi connectivity index (χ1n) is 7.71. The van der Waals surface area contributed by atoms with E-state index in [1.807, 2.05) is 43.5 Å². The highest BCUT2D eigenvalue weighted by Gasteiger charge is 2.16. The van der Waals surface area contributed by atoms with Crippen LogP contribution in [0, 0.1) is 0 Å². The first-order valence-corrected chi connectivity index (χ1v) is 9.19. The molecule has 0 aliphatic heterocycles. The molecule has 2 N–H and O–H groups in total. The van der Waals surface area contributed by atoms with Crippen molar-refractivity contribution in [2.24, 2.45) is 0 Å². The van der Waals surface area contributed by atoms with Gasteiger partial charge in [-0.1, -0.05) is 25.1 Å². The van der Waals surface area contributed by atoms with Crippen molar-refractivity contribution < 1.29 is 8.42 Å². The van der Waals surface area contributed by atoms with Gasteiger partial charge in [0.05, 0.1) is 18.1 Å². The summed E-state index contributed by atoms with van der Waals surface area (Å²) in [6, 6.07) is 9.76. The quantitative estimate of drug-likeness (QED) is 0.681. The molecule has 7 nitrogen and oxygen atoms in total. The van der Waals surface area contributed by atoms with Crippen molar-refractivity contribution in [2.75, 3.05) is 6.54 Å². The van der Waals surface area contributed by atoms with E-state index in [1.54, 1.807) is 10.9 Å². The molecule has 3 aromatic rings. The summed E-state index contributed by atoms with van der Waals surface area (Å²) in [4.78, 5) is 6.82. The molecule has 0 bridgehead atoms. The van der Waals surface area contributed by atoms with E-state index in [0.29, 0.717) is 25.2 Å². The van der Waals surface area contributed by atoms with Gasteiger partial charge in [0.2, 0.25) is 0 Å². The van der Waals surface area contributed by atoms with Crippen LogP contribution in [0.2, 0.25) is 0 Å². The fourth-order valence-electron chi connectivity index (χ4n) is 2.28. The molecule has 0 saturated carbocycles. The first kappa shape index (κ1) is 16.4. The normalized spacial score (nSPS) is 11.7. The number of aromatic nitrogens is 4. The maximum absolute atomic E-state index is 12.2. The number of imidazole rings is 1. The van der Waals surface area contributed by atoms with Gasteiger partial charge in [-0.25, -0.2) is 22.8 Å². The summed E-state index contributed by atoms with van der Waals surface area (Å²) in [6.07, 6.45) is 6.20. The Balaban J connectivity index is 1.59. The van der Waals surface area contributed by atoms with Gasteiger partial charge in [0.15, 0.2) is 5.03 Å². The number of rotatable bonds is 7. The molecule has 8 heteroatoms. The van der Waals surface area contributed by atoms with Gasteiger partial charge < -0.3 is 4.98 Å². The summed E-state index contributed by atoms with van der Waals surface area (Å²) in [5, 5.41) is 4.39. The number of aromatic amines is 1. The second-order valence-electron chi connectivity index (χ2n) is 5.32. The van der Waals surface area contributed by atoms with Gasteiger partial charge in [0.25, 0.3) is 10.0 Å². The third-order valence-corrected chi connectivity index (χ3v) is 4.96. The molecule has 0 saturated heterocycles. The van der Waals surface area contributed by atoms with Crippen LogP contribution < -0.4 is 4.72 Å². The molecule has 24 heavy (non-hydrogen) atoms. The lowest BCUT2D eigenvalue weighted by Crippen LogP contribution is -2.26. The van der Waals surface area contributed by atoms with Crippen LogP contribution in [-0.4, -0.2) is 34.7 Å². The highest BCUT2D eigenvalue weighted by molar-refractivity contribution is 7.89. The molecule has 0 unspecified atom stereocenters. The predicted octanol–water partition coefficient (Wildman–Crippen LogP) is 1.68. The molecule has 0 atom stereocenters. The lowest BCUT2D eigenvalue weighted by molar-refractivity contribution is 0.578. The lowest BCUT2D eigenvalue weighted by Gasteiger charge is -2.03. The highest BCUT2D eigenvalue weighted by Crippen LogP contribution is 2.09. The maximum atomic E-state index is 12.2. The number of benzene rings is 1. The van der Waals surface area contributed by atoms with Crippen LogP contribution in [0.25, 0.3) is 5.69 Å². The van der Waals surface area contributed by atoms with Crippen LogP contribution in [0.5, 0.6) is 0 Å². The average Bonchev–Trinajstić information content (AvgIpc) is 3.25. The van der Waals surface area contributed by atoms with E-state index in [2.05, 4.69) is 19.8 Å². The van der Waals surface area contributed by atoms with Crippen molar-refractivity contribution >= 4 is 10.0 Å². The summed E-state index contributed by atoms with van der Waals surface area (Å²) in [5.74, 6) is 0.652. The average molecular weight is 345 g/mol. The van der Waals surface area contributed by atoms with E-state index in [-0.39, 0.29) is 5.03 Å². The van der Waals surface area contributed by atoms with Crippen LogP contribution in [0.15, 0.2) is 53.9 Å². The third kappa shape index (κ3) is 3.72. The van der Waals surface area contributed by atoms with Crippen molar-refractivity contribution in [3.63, 3.8) is 0 Å². The van der Waals surface area contributed by atoms with Crippen LogP contribution in [0.4, 0.5) is 0 Å². The monoisotopic (exact) mass is 345 g/mol. The van der Waals surface area contributed by atoms with Crippen LogP contribution in [0.3, 0.4) is 0 Å². The molecule has 0 aliphatic carbocycles. The Bertz CT molecular complexity index is 899. The zero-order valence-electron chi connectivity index (χ0n) is 13.3. The van der Waals surface area contributed by atoms with Crippen LogP contribution in [0.1, 0.15) is 18.3 Å². The Morgan fingerprint density at radius 2 is 2.00 bits per heavy atom. The number of para-hydroxylation sites is 1. The van der Waals surface area contributed by atoms with Gasteiger partial charge in [-0.3, -0.25) is 0 Å². The number of nitrogens with one attached hydrogen (secondary N) is 2. The molecule has 2 aromatic heterocycles. The van der Waals surface area contributed by atoms with E-state index < -0.39 is 10.0 Å². The van der Waals surface area contributed by atoms with E-state index in [9.17, 15) is 8.42 Å². The number of hydrogen-bond acceptors (Lipinski definition) is 4. The lowest BCUT2D eigenvalue weighted by atomic mass is 10.2. The third-order valence-electron chi connectivity index (χ3n) is 3.59. The second kappa shape index (κ2) is 6.98. The maximum Gasteiger partial charge on any atom is 0.257 e. The van der Waals surface area contributed by atoms with Crippen molar-refractivity contribution in [3.05, 3.63) is 60.3 Å². The number of H-pyrrole nitrogens is 1. The molecule has 0 spiro atoms. The SMILES string of the molecule is CCc1ncc(S(=O)(=O)NCCc2cnn(-c3ccccc3)c2)[nH]1. The molecule has 126 valence electrons. The molecule has 3 rings (SSSR count). The van der Waals surface area contributed by atoms with Gasteiger partial charge in [-0.05, 0) is 24.1 Å². The van der Waals surface area contributed by atoms with E-state index >= 15 is 0 Å². The summed E-state index contributed by atoms with van der Waals surface area (Å²) in [5.41, 5.74) is 1.93. The minimum Gasteiger partial charge on any atom is -0.332 e. The van der Waals surface area contributed by atoms with E-state index in [0.717, 1.165) is 11.3 Å². The predicted molar refractivity (Wildman–Crippen MR) is 90.4 cm³/mol. The molecule has 0 amide bonds. The van der Waals surface area contributed by atoms with Crippen molar-refractivity contribution in [1.29, 1.82) is 0 Å². The van der Waals surface area contributed by atoms with E-state index in [4.69, 9.17) is 0 Å². The fraction of sp³-hybridized carbons (Fsp3) is 0.250. The summed E-state index contributed by atoms with van der Waals surface area (Å²) in [6.45, 7) is 2.20. The Labute approximate surface area is 140 Å². The Morgan fingerprint density at radius 1 is 1.21 bits per heavy atom. The summed E-state index contributed by atoms with van der Waals surface area (Å²) < 4.78 is 28.7. The van der Waals surface area contributed by atoms with Crippen molar-refractivity contribution in [3.8, 4) is 5.69 Å². The molecule has 0 fully saturated rings. The summed E-state index contributed by atoms with van der Waals surface area (Å²) >= 11 is 0. The number of hydrogen-bond donors (Lipinski definition) is 2. The molecule has 2 heterocycles. The van der Waals surface area contributed by atoms with Crippen molar-refractivity contribution in [2.45, 2.75) is 24.8 Å². The highest BCUT2D eigenvalue weighted by atomic mass is 32.2. The largest absolute Gasteiger partial charge is 0.332 e. The smallest absolute Gasteiger partial charge is 0.257 e. The molecule has 0 aliphatic rings. The van der Waals surface area contributed by atoms with Crippen molar-refractivity contribution in [1.82, 2.24) is 24.5 Å². The zero-order valence-corrected chi connectivity index (χ0v) is 14.1. The first-order chi connectivity index (χ1) is 11.6. The fourth-order valence-corrected chi connectivity index (χ4v) is 3.25. The second-order valence-corrected chi connectivity index (χ2v) is 7.06. The molecule has 1 aromatic carbocycles. The van der Waals surface area contributed by atoms with Gasteiger partial charge in [-0.2, -0.15) is 5.10 Å². The van der Waals surface area contributed by atoms with Gasteiger partial charge in [0.1, 0.15) is 5.82 Å². The zero-order chi connectivity index (χ0) is 17.0. The van der Waals surface area contributed by atoms with Crippen LogP contribution >= 0.6 is 0 Å². The number of nitrogens with zero attached hydrogens (tertiary/aromatic N) is 3. The van der Waals surface area contributed by atoms with Gasteiger partial charge in [0, 0.05) is 19.2 Å². The molecular weight excluding hydrogens is 326 g/mol.